The van der Waals surface area contributed by atoms with Crippen molar-refractivity contribution in [2.24, 2.45) is 5.92 Å². The Kier molecular flexibility index (Phi) is 4.35. The third kappa shape index (κ3) is 3.19. The number of phenols is 1. The van der Waals surface area contributed by atoms with Crippen molar-refractivity contribution in [3.05, 3.63) is 23.8 Å². The minimum Gasteiger partial charge on any atom is -0.506 e. The fourth-order valence-electron chi connectivity index (χ4n) is 2.41. The first-order chi connectivity index (χ1) is 10.3. The van der Waals surface area contributed by atoms with Crippen LogP contribution in [-0.4, -0.2) is 45.5 Å². The quantitative estimate of drug-likeness (QED) is 0.727. The van der Waals surface area contributed by atoms with E-state index in [9.17, 15) is 19.5 Å². The van der Waals surface area contributed by atoms with Crippen LogP contribution in [0.3, 0.4) is 0 Å². The van der Waals surface area contributed by atoms with Crippen LogP contribution in [-0.2, 0) is 9.59 Å². The zero-order valence-electron chi connectivity index (χ0n) is 12.4. The van der Waals surface area contributed by atoms with Crippen molar-refractivity contribution < 1.29 is 24.6 Å². The molecule has 1 saturated heterocycles. The van der Waals surface area contributed by atoms with Gasteiger partial charge >= 0.3 is 5.97 Å². The molecule has 1 fully saturated rings. The highest BCUT2D eigenvalue weighted by Crippen LogP contribution is 2.27. The number of carboxylic acids is 1. The van der Waals surface area contributed by atoms with E-state index in [4.69, 9.17) is 5.11 Å². The van der Waals surface area contributed by atoms with Crippen LogP contribution in [0.15, 0.2) is 18.2 Å². The van der Waals surface area contributed by atoms with Crippen LogP contribution in [0.2, 0.25) is 0 Å². The number of carbonyl (C=O) groups excluding carboxylic acids is 2. The third-order valence-corrected chi connectivity index (χ3v) is 3.65. The van der Waals surface area contributed by atoms with Gasteiger partial charge in [-0.15, -0.1) is 0 Å². The van der Waals surface area contributed by atoms with Gasteiger partial charge in [0.15, 0.2) is 0 Å². The molecule has 3 N–H and O–H groups in total. The summed E-state index contributed by atoms with van der Waals surface area (Å²) in [7, 11) is 0. The summed E-state index contributed by atoms with van der Waals surface area (Å²) in [6.45, 7) is 4.07. The molecule has 7 nitrogen and oxygen atoms in total. The van der Waals surface area contributed by atoms with E-state index in [1.54, 1.807) is 4.90 Å². The lowest BCUT2D eigenvalue weighted by Gasteiger charge is -2.20. The van der Waals surface area contributed by atoms with Crippen LogP contribution in [0.1, 0.15) is 30.6 Å². The number of anilines is 1. The maximum absolute atomic E-state index is 12.2. The highest BCUT2D eigenvalue weighted by atomic mass is 16.4. The van der Waals surface area contributed by atoms with E-state index in [0.717, 1.165) is 0 Å². The van der Waals surface area contributed by atoms with Crippen LogP contribution in [0.4, 0.5) is 5.69 Å². The molecule has 1 aromatic rings. The van der Waals surface area contributed by atoms with E-state index in [1.807, 2.05) is 13.8 Å². The number of nitrogens with zero attached hydrogens (tertiary/aromatic N) is 1. The molecule has 7 heteroatoms. The predicted octanol–water partition coefficient (Wildman–Crippen LogP) is 1.29. The summed E-state index contributed by atoms with van der Waals surface area (Å²) in [5.74, 6) is -2.38. The zero-order chi connectivity index (χ0) is 16.4. The molecule has 2 amide bonds. The molecule has 0 radical (unpaired) electrons. The van der Waals surface area contributed by atoms with E-state index in [0.29, 0.717) is 6.54 Å². The summed E-state index contributed by atoms with van der Waals surface area (Å²) in [6.07, 6.45) is 0.114. The number of hydrogen-bond acceptors (Lipinski definition) is 4. The molecule has 0 spiro atoms. The van der Waals surface area contributed by atoms with Crippen molar-refractivity contribution in [3.8, 4) is 5.75 Å². The fraction of sp³-hybridized carbons (Fsp3) is 0.400. The van der Waals surface area contributed by atoms with Crippen LogP contribution >= 0.6 is 0 Å². The number of rotatable bonds is 4. The first-order valence-corrected chi connectivity index (χ1v) is 6.96. The molecule has 0 aromatic heterocycles. The molecule has 1 aromatic carbocycles. The van der Waals surface area contributed by atoms with Crippen LogP contribution in [0.5, 0.6) is 5.75 Å². The van der Waals surface area contributed by atoms with Crippen molar-refractivity contribution >= 4 is 23.5 Å². The Morgan fingerprint density at radius 1 is 1.36 bits per heavy atom. The summed E-state index contributed by atoms with van der Waals surface area (Å²) >= 11 is 0. The second-order valence-corrected chi connectivity index (χ2v) is 5.57. The van der Waals surface area contributed by atoms with Gasteiger partial charge in [0.2, 0.25) is 11.8 Å². The second kappa shape index (κ2) is 6.05. The molecule has 0 bridgehead atoms. The van der Waals surface area contributed by atoms with E-state index >= 15 is 0 Å². The molecule has 0 saturated carbocycles. The van der Waals surface area contributed by atoms with E-state index < -0.39 is 17.8 Å². The number of aromatic hydroxyl groups is 1. The van der Waals surface area contributed by atoms with E-state index in [2.05, 4.69) is 5.32 Å². The Labute approximate surface area is 127 Å². The second-order valence-electron chi connectivity index (χ2n) is 5.57. The zero-order valence-corrected chi connectivity index (χ0v) is 12.4. The van der Waals surface area contributed by atoms with Crippen LogP contribution in [0, 0.1) is 5.92 Å². The first kappa shape index (κ1) is 15.8. The topological polar surface area (TPSA) is 107 Å². The van der Waals surface area contributed by atoms with Gasteiger partial charge in [0.05, 0.1) is 17.2 Å². The summed E-state index contributed by atoms with van der Waals surface area (Å²) in [5.41, 5.74) is -0.0141. The molecule has 1 unspecified atom stereocenters. The SMILES string of the molecule is CC(C)N1CC(C(=O)Nc2cc(C(=O)O)ccc2O)CC1=O. The Hall–Kier alpha value is -2.57. The number of hydrogen-bond donors (Lipinski definition) is 3. The fourth-order valence-corrected chi connectivity index (χ4v) is 2.41. The molecule has 0 aliphatic carbocycles. The normalized spacial score (nSPS) is 17.9. The molecule has 2 rings (SSSR count). The van der Waals surface area contributed by atoms with Crippen molar-refractivity contribution in [1.82, 2.24) is 4.90 Å². The Balaban J connectivity index is 2.11. The Morgan fingerprint density at radius 2 is 2.05 bits per heavy atom. The van der Waals surface area contributed by atoms with Crippen LogP contribution in [0.25, 0.3) is 0 Å². The van der Waals surface area contributed by atoms with Crippen molar-refractivity contribution in [2.75, 3.05) is 11.9 Å². The van der Waals surface area contributed by atoms with Gasteiger partial charge in [0, 0.05) is 19.0 Å². The van der Waals surface area contributed by atoms with Gasteiger partial charge in [-0.3, -0.25) is 9.59 Å². The number of aromatic carboxylic acids is 1. The molecule has 118 valence electrons. The van der Waals surface area contributed by atoms with Crippen LogP contribution < -0.4 is 5.32 Å². The summed E-state index contributed by atoms with van der Waals surface area (Å²) in [4.78, 5) is 36.6. The summed E-state index contributed by atoms with van der Waals surface area (Å²) in [6, 6.07) is 3.66. The maximum atomic E-state index is 12.2. The highest BCUT2D eigenvalue weighted by molar-refractivity contribution is 5.99. The number of benzene rings is 1. The van der Waals surface area contributed by atoms with E-state index in [-0.39, 0.29) is 35.4 Å². The lowest BCUT2D eigenvalue weighted by molar-refractivity contribution is -0.129. The number of likely N-dealkylation sites (tertiary alicyclic amines) is 1. The van der Waals surface area contributed by atoms with E-state index in [1.165, 1.54) is 18.2 Å². The molecule has 22 heavy (non-hydrogen) atoms. The molecule has 1 aliphatic heterocycles. The Morgan fingerprint density at radius 3 is 2.59 bits per heavy atom. The van der Waals surface area contributed by atoms with Crippen molar-refractivity contribution in [1.29, 1.82) is 0 Å². The van der Waals surface area contributed by atoms with Gasteiger partial charge in [0.1, 0.15) is 5.75 Å². The largest absolute Gasteiger partial charge is 0.506 e. The van der Waals surface area contributed by atoms with Crippen molar-refractivity contribution in [3.63, 3.8) is 0 Å². The van der Waals surface area contributed by atoms with Crippen molar-refractivity contribution in [2.45, 2.75) is 26.3 Å². The number of carbonyl (C=O) groups is 3. The molecule has 1 aliphatic rings. The molecule has 1 atom stereocenters. The molecule has 1 heterocycles. The van der Waals surface area contributed by atoms with Gasteiger partial charge in [-0.1, -0.05) is 0 Å². The van der Waals surface area contributed by atoms with Gasteiger partial charge in [-0.05, 0) is 32.0 Å². The smallest absolute Gasteiger partial charge is 0.335 e. The summed E-state index contributed by atoms with van der Waals surface area (Å²) in [5, 5.41) is 21.1. The molecular formula is C15H18N2O5. The standard InChI is InChI=1S/C15H18N2O5/c1-8(2)17-7-10(6-13(17)19)14(20)16-11-5-9(15(21)22)3-4-12(11)18/h3-5,8,10,18H,6-7H2,1-2H3,(H,16,20)(H,21,22). The van der Waals surface area contributed by atoms with Gasteiger partial charge < -0.3 is 20.4 Å². The Bertz CT molecular complexity index is 626. The summed E-state index contributed by atoms with van der Waals surface area (Å²) < 4.78 is 0. The highest BCUT2D eigenvalue weighted by Gasteiger charge is 2.35. The average Bonchev–Trinajstić information content (AvgIpc) is 2.83. The van der Waals surface area contributed by atoms with Gasteiger partial charge in [-0.25, -0.2) is 4.79 Å². The average molecular weight is 306 g/mol. The van der Waals surface area contributed by atoms with Gasteiger partial charge in [0.25, 0.3) is 0 Å². The minimum atomic E-state index is -1.16. The van der Waals surface area contributed by atoms with Gasteiger partial charge in [-0.2, -0.15) is 0 Å². The third-order valence-electron chi connectivity index (χ3n) is 3.65. The number of phenolic OH excluding ortho intramolecular Hbond substituents is 1. The first-order valence-electron chi connectivity index (χ1n) is 6.96. The monoisotopic (exact) mass is 306 g/mol. The minimum absolute atomic E-state index is 0.0223. The lowest BCUT2D eigenvalue weighted by atomic mass is 10.1. The maximum Gasteiger partial charge on any atom is 0.335 e. The number of amides is 2. The predicted molar refractivity (Wildman–Crippen MR) is 78.7 cm³/mol. The number of carboxylic acid groups (broad SMARTS) is 1. The lowest BCUT2D eigenvalue weighted by Crippen LogP contribution is -2.33. The number of nitrogens with one attached hydrogen (secondary N) is 1. The molecular weight excluding hydrogens is 288 g/mol.